The number of halogens is 2. The van der Waals surface area contributed by atoms with Crippen molar-refractivity contribution in [2.24, 2.45) is 0 Å². The van der Waals surface area contributed by atoms with Gasteiger partial charge >= 0.3 is 0 Å². The Morgan fingerprint density at radius 2 is 2.00 bits per heavy atom. The van der Waals surface area contributed by atoms with Crippen molar-refractivity contribution in [1.82, 2.24) is 4.90 Å². The van der Waals surface area contributed by atoms with E-state index in [-0.39, 0.29) is 27.7 Å². The Balaban J connectivity index is 1.49. The van der Waals surface area contributed by atoms with Gasteiger partial charge in [-0.15, -0.1) is 0 Å². The minimum absolute atomic E-state index is 0.0637. The lowest BCUT2D eigenvalue weighted by Crippen LogP contribution is -2.36. The summed E-state index contributed by atoms with van der Waals surface area (Å²) in [5, 5.41) is 13.8. The molecule has 1 aromatic heterocycles. The molecule has 1 N–H and O–H groups in total. The Bertz CT molecular complexity index is 1420. The lowest BCUT2D eigenvalue weighted by atomic mass is 10.1. The number of nitrogens with one attached hydrogen (secondary N) is 1. The molecule has 1 saturated heterocycles. The molecule has 2 heterocycles. The number of rotatable bonds is 6. The molecule has 1 fully saturated rings. The molecule has 178 valence electrons. The minimum Gasteiger partial charge on any atom is -0.456 e. The average molecular weight is 577 g/mol. The van der Waals surface area contributed by atoms with Gasteiger partial charge in [0.2, 0.25) is 5.91 Å². The quantitative estimate of drug-likeness (QED) is 0.209. The maximum atomic E-state index is 12.7. The molecule has 3 aromatic rings. The van der Waals surface area contributed by atoms with Gasteiger partial charge in [-0.1, -0.05) is 17.7 Å². The Hall–Kier alpha value is -3.41. The maximum absolute atomic E-state index is 12.7. The van der Waals surface area contributed by atoms with Crippen LogP contribution in [0, 0.1) is 17.0 Å². The largest absolute Gasteiger partial charge is 0.456 e. The topological polar surface area (TPSA) is 123 Å². The summed E-state index contributed by atoms with van der Waals surface area (Å²) in [7, 11) is 0. The van der Waals surface area contributed by atoms with Gasteiger partial charge in [0.1, 0.15) is 18.1 Å². The highest BCUT2D eigenvalue weighted by Crippen LogP contribution is 2.35. The molecule has 9 nitrogen and oxygen atoms in total. The summed E-state index contributed by atoms with van der Waals surface area (Å²) in [5.41, 5.74) is 1.33. The van der Waals surface area contributed by atoms with Crippen molar-refractivity contribution in [2.75, 3.05) is 11.9 Å². The van der Waals surface area contributed by atoms with Gasteiger partial charge in [-0.25, -0.2) is 0 Å². The molecule has 0 aliphatic carbocycles. The fraction of sp³-hybridized carbons (Fsp3) is 0.0870. The molecule has 0 atom stereocenters. The van der Waals surface area contributed by atoms with Gasteiger partial charge in [0.05, 0.1) is 20.4 Å². The summed E-state index contributed by atoms with van der Waals surface area (Å²) in [5.74, 6) is -0.744. The summed E-state index contributed by atoms with van der Waals surface area (Å²) >= 11 is 9.93. The van der Waals surface area contributed by atoms with E-state index in [0.717, 1.165) is 10.5 Å². The first-order valence-electron chi connectivity index (χ1n) is 9.98. The van der Waals surface area contributed by atoms with E-state index in [1.807, 2.05) is 0 Å². The average Bonchev–Trinajstić information content (AvgIpc) is 3.36. The van der Waals surface area contributed by atoms with E-state index >= 15 is 0 Å². The second kappa shape index (κ2) is 10.1. The number of nitrogens with zero attached hydrogens (tertiary/aromatic N) is 2. The number of imide groups is 1. The zero-order valence-corrected chi connectivity index (χ0v) is 21.1. The van der Waals surface area contributed by atoms with Gasteiger partial charge in [-0.3, -0.25) is 29.4 Å². The summed E-state index contributed by atoms with van der Waals surface area (Å²) in [4.78, 5) is 49.3. The van der Waals surface area contributed by atoms with Gasteiger partial charge in [0, 0.05) is 22.3 Å². The van der Waals surface area contributed by atoms with Gasteiger partial charge in [-0.2, -0.15) is 0 Å². The Morgan fingerprint density at radius 1 is 1.23 bits per heavy atom. The van der Waals surface area contributed by atoms with Crippen molar-refractivity contribution in [3.8, 4) is 11.3 Å². The van der Waals surface area contributed by atoms with Crippen molar-refractivity contribution in [3.63, 3.8) is 0 Å². The van der Waals surface area contributed by atoms with Gasteiger partial charge in [-0.05, 0) is 76.6 Å². The number of nitro benzene ring substituents is 1. The molecule has 0 unspecified atom stereocenters. The lowest BCUT2D eigenvalue weighted by Gasteiger charge is -2.12. The van der Waals surface area contributed by atoms with Crippen LogP contribution in [-0.2, 0) is 9.59 Å². The number of hydrogen-bond donors (Lipinski definition) is 1. The van der Waals surface area contributed by atoms with Crippen LogP contribution in [0.4, 0.5) is 16.2 Å². The second-order valence-electron chi connectivity index (χ2n) is 7.42. The molecule has 1 aliphatic rings. The number of benzene rings is 2. The smallest absolute Gasteiger partial charge is 0.294 e. The number of amides is 3. The molecule has 4 rings (SSSR count). The maximum Gasteiger partial charge on any atom is 0.294 e. The van der Waals surface area contributed by atoms with Crippen LogP contribution in [0.15, 0.2) is 62.3 Å². The van der Waals surface area contributed by atoms with Crippen molar-refractivity contribution in [3.05, 3.63) is 84.4 Å². The Kier molecular flexibility index (Phi) is 7.10. The third-order valence-corrected chi connectivity index (χ3v) is 7.03. The molecule has 0 bridgehead atoms. The minimum atomic E-state index is -0.650. The number of hydrogen-bond acceptors (Lipinski definition) is 7. The van der Waals surface area contributed by atoms with E-state index in [0.29, 0.717) is 26.9 Å². The van der Waals surface area contributed by atoms with E-state index in [9.17, 15) is 24.5 Å². The fourth-order valence-corrected chi connectivity index (χ4v) is 4.51. The molecule has 0 radical (unpaired) electrons. The number of carbonyl (C=O) groups excluding carboxylic acids is 3. The first-order chi connectivity index (χ1) is 16.6. The van der Waals surface area contributed by atoms with Crippen molar-refractivity contribution in [1.29, 1.82) is 0 Å². The second-order valence-corrected chi connectivity index (χ2v) is 9.68. The van der Waals surface area contributed by atoms with Gasteiger partial charge in [0.25, 0.3) is 16.8 Å². The van der Waals surface area contributed by atoms with Crippen LogP contribution >= 0.6 is 39.3 Å². The normalized spacial score (nSPS) is 14.6. The summed E-state index contributed by atoms with van der Waals surface area (Å²) in [6.07, 6.45) is 1.36. The predicted octanol–water partition coefficient (Wildman–Crippen LogP) is 6.25. The molecule has 12 heteroatoms. The van der Waals surface area contributed by atoms with Crippen LogP contribution in [0.25, 0.3) is 17.4 Å². The van der Waals surface area contributed by atoms with E-state index in [1.54, 1.807) is 37.3 Å². The summed E-state index contributed by atoms with van der Waals surface area (Å²) in [6.45, 7) is 1.27. The van der Waals surface area contributed by atoms with Crippen LogP contribution in [0.5, 0.6) is 0 Å². The van der Waals surface area contributed by atoms with Crippen LogP contribution < -0.4 is 5.32 Å². The molecule has 2 aromatic carbocycles. The van der Waals surface area contributed by atoms with Crippen molar-refractivity contribution < 1.29 is 23.7 Å². The third-order valence-electron chi connectivity index (χ3n) is 4.89. The van der Waals surface area contributed by atoms with Crippen LogP contribution in [0.3, 0.4) is 0 Å². The monoisotopic (exact) mass is 575 g/mol. The first kappa shape index (κ1) is 24.7. The SMILES string of the molecule is Cc1ccc(-c2ccc(/C=C3/SC(=O)N(CC(=O)Nc4ccc(Br)c(Cl)c4)C3=O)o2)c([N+](=O)[O-])c1. The van der Waals surface area contributed by atoms with Crippen molar-refractivity contribution >= 4 is 73.8 Å². The lowest BCUT2D eigenvalue weighted by molar-refractivity contribution is -0.384. The first-order valence-corrected chi connectivity index (χ1v) is 12.0. The number of nitro groups is 1. The summed E-state index contributed by atoms with van der Waals surface area (Å²) < 4.78 is 6.35. The zero-order chi connectivity index (χ0) is 25.3. The third kappa shape index (κ3) is 5.47. The number of anilines is 1. The number of thioether (sulfide) groups is 1. The van der Waals surface area contributed by atoms with Gasteiger partial charge < -0.3 is 9.73 Å². The highest BCUT2D eigenvalue weighted by Gasteiger charge is 2.36. The van der Waals surface area contributed by atoms with Crippen molar-refractivity contribution in [2.45, 2.75) is 6.92 Å². The van der Waals surface area contributed by atoms with E-state index in [2.05, 4.69) is 21.2 Å². The molecular formula is C23H15BrClN3O6S. The van der Waals surface area contributed by atoms with Crippen LogP contribution in [0.1, 0.15) is 11.3 Å². The number of aryl methyl sites for hydroxylation is 1. The predicted molar refractivity (Wildman–Crippen MR) is 136 cm³/mol. The highest BCUT2D eigenvalue weighted by molar-refractivity contribution is 9.10. The van der Waals surface area contributed by atoms with Crippen LogP contribution in [-0.4, -0.2) is 33.4 Å². The standard InChI is InChI=1S/C23H15BrClN3O6S/c1-12-2-5-15(18(8-12)28(32)33)19-7-4-14(34-19)10-20-22(30)27(23(31)35-20)11-21(29)26-13-3-6-16(24)17(25)9-13/h2-10H,11H2,1H3,(H,26,29)/b20-10+. The van der Waals surface area contributed by atoms with Gasteiger partial charge in [0.15, 0.2) is 0 Å². The molecule has 3 amide bonds. The Morgan fingerprint density at radius 3 is 2.71 bits per heavy atom. The van der Waals surface area contributed by atoms with E-state index in [1.165, 1.54) is 24.3 Å². The number of carbonyl (C=O) groups is 3. The number of furan rings is 1. The van der Waals surface area contributed by atoms with E-state index < -0.39 is 28.5 Å². The molecule has 35 heavy (non-hydrogen) atoms. The molecular weight excluding hydrogens is 562 g/mol. The molecule has 1 aliphatic heterocycles. The van der Waals surface area contributed by atoms with Crippen LogP contribution in [0.2, 0.25) is 5.02 Å². The fourth-order valence-electron chi connectivity index (χ4n) is 3.26. The zero-order valence-electron chi connectivity index (χ0n) is 17.9. The van der Waals surface area contributed by atoms with E-state index in [4.69, 9.17) is 16.0 Å². The summed E-state index contributed by atoms with van der Waals surface area (Å²) in [6, 6.07) is 12.6. The molecule has 0 saturated carbocycles. The molecule has 0 spiro atoms. The Labute approximate surface area is 216 Å². The highest BCUT2D eigenvalue weighted by atomic mass is 79.9.